The van der Waals surface area contributed by atoms with Gasteiger partial charge >= 0.3 is 0 Å². The summed E-state index contributed by atoms with van der Waals surface area (Å²) in [6, 6.07) is 150. The van der Waals surface area contributed by atoms with Gasteiger partial charge in [-0.15, -0.1) is 34.0 Å². The molecular formula is C135H77N11S3. The molecule has 13 aromatic heterocycles. The van der Waals surface area contributed by atoms with E-state index >= 15 is 0 Å². The highest BCUT2D eigenvalue weighted by atomic mass is 32.1. The van der Waals surface area contributed by atoms with Crippen LogP contribution in [0.2, 0.25) is 0 Å². The highest BCUT2D eigenvalue weighted by Crippen LogP contribution is 2.51. The van der Waals surface area contributed by atoms with E-state index < -0.39 is 0 Å². The van der Waals surface area contributed by atoms with Gasteiger partial charge in [-0.1, -0.05) is 297 Å². The number of benzene rings is 19. The average molecular weight is 1950 g/mol. The van der Waals surface area contributed by atoms with E-state index in [1.165, 1.54) is 159 Å². The first kappa shape index (κ1) is 85.5. The van der Waals surface area contributed by atoms with E-state index in [4.69, 9.17) is 34.9 Å². The number of para-hydroxylation sites is 3. The van der Waals surface area contributed by atoms with Gasteiger partial charge in [-0.2, -0.15) is 0 Å². The van der Waals surface area contributed by atoms with Gasteiger partial charge in [-0.25, -0.2) is 24.9 Å². The van der Waals surface area contributed by atoms with Crippen LogP contribution in [-0.2, 0) is 0 Å². The number of fused-ring (bicyclic) bond motifs is 32. The van der Waals surface area contributed by atoms with E-state index in [-0.39, 0.29) is 0 Å². The zero-order valence-electron chi connectivity index (χ0n) is 79.6. The molecule has 0 spiro atoms. The van der Waals surface area contributed by atoms with Gasteiger partial charge in [0, 0.05) is 219 Å². The number of aromatic nitrogens is 11. The first-order chi connectivity index (χ1) is 73.9. The fourth-order valence-electron chi connectivity index (χ4n) is 22.8. The van der Waals surface area contributed by atoms with Crippen molar-refractivity contribution in [2.45, 2.75) is 0 Å². The monoisotopic (exact) mass is 1950 g/mol. The number of hydrogen-bond donors (Lipinski definition) is 0. The van der Waals surface area contributed by atoms with Crippen LogP contribution in [0.1, 0.15) is 0 Å². The highest BCUT2D eigenvalue weighted by Gasteiger charge is 2.25. The molecule has 0 unspecified atom stereocenters. The first-order valence-corrected chi connectivity index (χ1v) is 52.3. The van der Waals surface area contributed by atoms with E-state index in [1.54, 1.807) is 0 Å². The summed E-state index contributed by atoms with van der Waals surface area (Å²) in [5.74, 6) is 0.664. The van der Waals surface area contributed by atoms with Crippen molar-refractivity contribution in [3.63, 3.8) is 0 Å². The largest absolute Gasteiger partial charge is 0.254 e. The van der Waals surface area contributed by atoms with Crippen molar-refractivity contribution in [3.05, 3.63) is 468 Å². The van der Waals surface area contributed by atoms with Crippen LogP contribution >= 0.6 is 34.0 Å². The molecule has 0 atom stereocenters. The predicted molar refractivity (Wildman–Crippen MR) is 628 cm³/mol. The summed E-state index contributed by atoms with van der Waals surface area (Å²) in [6.07, 6.45) is 14.8. The minimum atomic E-state index is 0.664. The van der Waals surface area contributed by atoms with E-state index in [2.05, 4.69) is 402 Å². The standard InChI is InChI=1S/2C47H27N3S.C41H23N5S/c1-3-14-41-38(12-1)43-39(21-20-37-35-11-2-4-15-42(35)51-47(37)43)44(50-41)33-9-5-8-28(26-33)29-16-17-31-25-32(19-18-30(31)24-29)40-27-34-10-6-22-48-45(34)46-36(40)13-7-23-49-46;1-2-14-33-32(13-1)31(20-21-34(33)40-27-30-12-8-24-48-45(30)46-36(40)17-9-25-49-46)28-10-7-11-29(26-28)44-39-23-22-37-35-15-4-6-19-42(35)51-47(37)43(39)38-16-3-5-18-41(38)50-44;1-3-14-34-31(12-1)36-32(17-16-30-28-11-2-4-15-35(28)47-40(30)36)37(46-34)24-8-5-9-26(20-24)41-44-22-27(23-45-41)33-21-25-10-6-18-42-38(25)39-29(33)13-7-19-43-39/h2*1-27H;1-23H. The predicted octanol–water partition coefficient (Wildman–Crippen LogP) is 36.7. The number of hydrogen-bond acceptors (Lipinski definition) is 14. The van der Waals surface area contributed by atoms with Crippen molar-refractivity contribution in [3.8, 4) is 101 Å². The third-order valence-electron chi connectivity index (χ3n) is 29.6. The maximum Gasteiger partial charge on any atom is 0.159 e. The molecule has 19 aromatic carbocycles. The number of rotatable bonds is 9. The van der Waals surface area contributed by atoms with Gasteiger partial charge in [-0.3, -0.25) is 29.9 Å². The minimum Gasteiger partial charge on any atom is -0.254 e. The fourth-order valence-corrected chi connectivity index (χ4v) is 26.6. The Morgan fingerprint density at radius 1 is 0.154 bits per heavy atom. The Balaban J connectivity index is 0.000000103. The summed E-state index contributed by atoms with van der Waals surface area (Å²) < 4.78 is 7.86. The van der Waals surface area contributed by atoms with Gasteiger partial charge in [0.05, 0.1) is 66.7 Å². The first-order valence-electron chi connectivity index (χ1n) is 49.8. The zero-order chi connectivity index (χ0) is 97.8. The summed E-state index contributed by atoms with van der Waals surface area (Å²) in [6.45, 7) is 0. The average Bonchev–Trinajstić information content (AvgIpc) is 1.64. The summed E-state index contributed by atoms with van der Waals surface area (Å²) >= 11 is 5.61. The SMILES string of the molecule is c1cc(-c2ccc(-c3cc4cccnc4c4ncccc34)c3ccccc23)cc(-c2nc3ccccc3c3c2ccc2c4ccccc4sc23)c1.c1cc(-c2ccc3cc(-c4cc5cccnc5c5ncccc45)ccc3c2)cc(-c2nc3ccccc3c3c2ccc2c4ccccc4sc23)c1.c1cc(-c2ncc(-c3cc4cccnc4c4ncccc34)cn2)cc(-c2nc3ccccc3c3c2ccc2c4ccccc4sc23)c1. The Morgan fingerprint density at radius 3 is 0.919 bits per heavy atom. The van der Waals surface area contributed by atoms with Crippen molar-refractivity contribution >= 4 is 247 Å². The molecule has 0 aliphatic heterocycles. The van der Waals surface area contributed by atoms with E-state index in [0.717, 1.165) is 149 Å². The van der Waals surface area contributed by atoms with Gasteiger partial charge in [0.2, 0.25) is 0 Å². The number of thiophene rings is 3. The molecule has 13 heterocycles. The molecule has 0 saturated carbocycles. The Kier molecular flexibility index (Phi) is 20.0. The lowest BCUT2D eigenvalue weighted by Gasteiger charge is -2.16. The van der Waals surface area contributed by atoms with Crippen LogP contribution in [0.3, 0.4) is 0 Å². The summed E-state index contributed by atoms with van der Waals surface area (Å²) in [7, 11) is 0. The molecule has 0 fully saturated rings. The second-order valence-corrected chi connectivity index (χ2v) is 41.2. The second-order valence-electron chi connectivity index (χ2n) is 38.0. The molecule has 0 aliphatic carbocycles. The molecule has 14 heteroatoms. The summed E-state index contributed by atoms with van der Waals surface area (Å²) in [4.78, 5) is 53.7. The Bertz CT molecular complexity index is 11300. The number of pyridine rings is 9. The van der Waals surface area contributed by atoms with Crippen LogP contribution in [0.4, 0.5) is 0 Å². The maximum atomic E-state index is 5.33. The quantitative estimate of drug-likeness (QED) is 0.127. The highest BCUT2D eigenvalue weighted by molar-refractivity contribution is 7.27. The smallest absolute Gasteiger partial charge is 0.159 e. The molecule has 0 aliphatic rings. The Hall–Kier alpha value is -19.1. The topological polar surface area (TPSA) is 142 Å². The lowest BCUT2D eigenvalue weighted by molar-refractivity contribution is 1.18. The van der Waals surface area contributed by atoms with E-state index in [9.17, 15) is 0 Å². The second kappa shape index (κ2) is 34.9. The Labute approximate surface area is 863 Å². The Morgan fingerprint density at radius 2 is 0.463 bits per heavy atom. The minimum absolute atomic E-state index is 0.664. The van der Waals surface area contributed by atoms with Crippen LogP contribution in [0.25, 0.3) is 313 Å². The van der Waals surface area contributed by atoms with Gasteiger partial charge in [-0.05, 0) is 193 Å². The third-order valence-corrected chi connectivity index (χ3v) is 33.3. The molecule has 149 heavy (non-hydrogen) atoms. The van der Waals surface area contributed by atoms with Crippen molar-refractivity contribution in [1.82, 2.24) is 54.8 Å². The molecule has 690 valence electrons. The third kappa shape index (κ3) is 14.2. The zero-order valence-corrected chi connectivity index (χ0v) is 82.0. The lowest BCUT2D eigenvalue weighted by Crippen LogP contribution is -1.94. The van der Waals surface area contributed by atoms with Crippen molar-refractivity contribution in [2.24, 2.45) is 0 Å². The molecule has 11 nitrogen and oxygen atoms in total. The molecule has 0 amide bonds. The van der Waals surface area contributed by atoms with Gasteiger partial charge in [0.1, 0.15) is 0 Å². The molecule has 32 rings (SSSR count). The van der Waals surface area contributed by atoms with Crippen LogP contribution < -0.4 is 0 Å². The molecule has 32 aromatic rings. The number of nitrogens with zero attached hydrogens (tertiary/aromatic N) is 11. The lowest BCUT2D eigenvalue weighted by atomic mass is 9.89. The van der Waals surface area contributed by atoms with E-state index in [1.807, 2.05) is 120 Å². The summed E-state index contributed by atoms with van der Waals surface area (Å²) in [5, 5.41) is 30.0. The maximum absolute atomic E-state index is 5.33. The van der Waals surface area contributed by atoms with Gasteiger partial charge in [0.25, 0.3) is 0 Å². The van der Waals surface area contributed by atoms with Gasteiger partial charge < -0.3 is 0 Å². The fraction of sp³-hybridized carbons (Fsp3) is 0. The molecule has 0 saturated heterocycles. The van der Waals surface area contributed by atoms with E-state index in [0.29, 0.717) is 5.82 Å². The molecular weight excluding hydrogens is 1870 g/mol. The molecule has 0 N–H and O–H groups in total. The van der Waals surface area contributed by atoms with Crippen LogP contribution in [0.5, 0.6) is 0 Å². The van der Waals surface area contributed by atoms with Crippen LogP contribution in [-0.4, -0.2) is 54.8 Å². The van der Waals surface area contributed by atoms with Crippen molar-refractivity contribution in [2.75, 3.05) is 0 Å². The van der Waals surface area contributed by atoms with Crippen molar-refractivity contribution in [1.29, 1.82) is 0 Å². The molecule has 0 bridgehead atoms. The molecule has 0 radical (unpaired) electrons. The van der Waals surface area contributed by atoms with Crippen LogP contribution in [0, 0.1) is 0 Å². The van der Waals surface area contributed by atoms with Gasteiger partial charge in [0.15, 0.2) is 5.82 Å². The van der Waals surface area contributed by atoms with Crippen molar-refractivity contribution < 1.29 is 0 Å². The van der Waals surface area contributed by atoms with Crippen LogP contribution in [0.15, 0.2) is 468 Å². The summed E-state index contributed by atoms with van der Waals surface area (Å²) in [5.41, 5.74) is 27.0. The normalized spacial score (nSPS) is 11.9.